The molecule has 3 aliphatic heterocycles. The molecule has 3 aliphatic rings. The van der Waals surface area contributed by atoms with Crippen molar-refractivity contribution in [1.29, 1.82) is 0 Å². The zero-order valence-electron chi connectivity index (χ0n) is 24.0. The van der Waals surface area contributed by atoms with Gasteiger partial charge in [-0.2, -0.15) is 0 Å². The third-order valence-corrected chi connectivity index (χ3v) is 9.94. The number of halogens is 3. The first-order chi connectivity index (χ1) is 20.1. The molecule has 11 heteroatoms. The Labute approximate surface area is 266 Å². The highest BCUT2D eigenvalue weighted by Gasteiger charge is 2.41. The van der Waals surface area contributed by atoms with Crippen LogP contribution in [0.5, 0.6) is 0 Å². The van der Waals surface area contributed by atoms with E-state index in [2.05, 4.69) is 20.8 Å². The van der Waals surface area contributed by atoms with Crippen LogP contribution in [-0.4, -0.2) is 91.1 Å². The molecule has 2 aromatic carbocycles. The van der Waals surface area contributed by atoms with Crippen molar-refractivity contribution in [2.75, 3.05) is 57.3 Å². The Kier molecular flexibility index (Phi) is 10.0. The van der Waals surface area contributed by atoms with Crippen LogP contribution in [-0.2, 0) is 9.53 Å². The number of carbonyl (C=O) groups excluding carboxylic acids is 3. The maximum absolute atomic E-state index is 13.4. The van der Waals surface area contributed by atoms with E-state index in [1.807, 2.05) is 36.1 Å². The average molecular weight is 680 g/mol. The molecule has 8 nitrogen and oxygen atoms in total. The fourth-order valence-corrected chi connectivity index (χ4v) is 7.03. The molecule has 0 spiro atoms. The molecule has 2 atom stereocenters. The minimum absolute atomic E-state index is 0.0138. The topological polar surface area (TPSA) is 73.4 Å². The summed E-state index contributed by atoms with van der Waals surface area (Å²) in [5.41, 5.74) is 2.20. The molecule has 5 rings (SSSR count). The zero-order chi connectivity index (χ0) is 30.0. The van der Waals surface area contributed by atoms with E-state index in [4.69, 9.17) is 27.9 Å². The highest BCUT2D eigenvalue weighted by molar-refractivity contribution is 9.10. The molecule has 0 aliphatic carbocycles. The number of amides is 3. The van der Waals surface area contributed by atoms with Gasteiger partial charge in [-0.15, -0.1) is 0 Å². The molecule has 0 radical (unpaired) electrons. The lowest BCUT2D eigenvalue weighted by molar-refractivity contribution is -0.130. The molecule has 0 aromatic heterocycles. The van der Waals surface area contributed by atoms with E-state index in [-0.39, 0.29) is 24.0 Å². The highest BCUT2D eigenvalue weighted by atomic mass is 79.9. The number of likely N-dealkylation sites (tertiary alicyclic amines) is 3. The third-order valence-electron chi connectivity index (χ3n) is 8.71. The molecule has 0 saturated carbocycles. The monoisotopic (exact) mass is 678 g/mol. The van der Waals surface area contributed by atoms with Gasteiger partial charge in [-0.1, -0.05) is 45.2 Å². The maximum atomic E-state index is 13.4. The summed E-state index contributed by atoms with van der Waals surface area (Å²) in [7, 11) is 0. The average Bonchev–Trinajstić information content (AvgIpc) is 3.53. The van der Waals surface area contributed by atoms with Crippen molar-refractivity contribution in [1.82, 2.24) is 14.7 Å². The molecule has 42 heavy (non-hydrogen) atoms. The second-order valence-electron chi connectivity index (χ2n) is 11.6. The van der Waals surface area contributed by atoms with Gasteiger partial charge in [0.05, 0.1) is 10.6 Å². The third kappa shape index (κ3) is 7.24. The fraction of sp³-hybridized carbons (Fsp3) is 0.516. The van der Waals surface area contributed by atoms with Crippen LogP contribution in [0, 0.1) is 18.8 Å². The summed E-state index contributed by atoms with van der Waals surface area (Å²) in [5.74, 6) is 0.894. The quantitative estimate of drug-likeness (QED) is 0.353. The molecule has 3 saturated heterocycles. The van der Waals surface area contributed by atoms with E-state index in [0.29, 0.717) is 59.9 Å². The van der Waals surface area contributed by atoms with E-state index in [1.165, 1.54) is 0 Å². The van der Waals surface area contributed by atoms with Crippen LogP contribution < -0.4 is 4.90 Å². The predicted molar refractivity (Wildman–Crippen MR) is 168 cm³/mol. The Morgan fingerprint density at radius 3 is 2.29 bits per heavy atom. The van der Waals surface area contributed by atoms with Crippen molar-refractivity contribution in [2.24, 2.45) is 11.8 Å². The van der Waals surface area contributed by atoms with E-state index in [9.17, 15) is 14.4 Å². The van der Waals surface area contributed by atoms with Crippen LogP contribution in [0.25, 0.3) is 0 Å². The number of hydrogen-bond donors (Lipinski definition) is 0. The summed E-state index contributed by atoms with van der Waals surface area (Å²) in [6.45, 7) is 9.35. The van der Waals surface area contributed by atoms with Gasteiger partial charge in [0.2, 0.25) is 5.91 Å². The second-order valence-corrected chi connectivity index (χ2v) is 13.4. The molecule has 3 fully saturated rings. The molecule has 2 unspecified atom stereocenters. The van der Waals surface area contributed by atoms with Gasteiger partial charge in [-0.05, 0) is 67.6 Å². The number of hydrogen-bond acceptors (Lipinski definition) is 5. The van der Waals surface area contributed by atoms with Crippen LogP contribution >= 0.6 is 39.1 Å². The van der Waals surface area contributed by atoms with Crippen LogP contribution in [0.1, 0.15) is 42.1 Å². The minimum atomic E-state index is -0.380. The van der Waals surface area contributed by atoms with Crippen LogP contribution in [0.2, 0.25) is 10.0 Å². The second kappa shape index (κ2) is 13.5. The van der Waals surface area contributed by atoms with Gasteiger partial charge in [-0.3, -0.25) is 14.5 Å². The molecule has 3 heterocycles. The maximum Gasteiger partial charge on any atom is 0.414 e. The molecule has 0 N–H and O–H groups in total. The minimum Gasteiger partial charge on any atom is -0.446 e. The Morgan fingerprint density at radius 2 is 1.64 bits per heavy atom. The van der Waals surface area contributed by atoms with Crippen molar-refractivity contribution in [3.63, 3.8) is 0 Å². The zero-order valence-corrected chi connectivity index (χ0v) is 27.1. The van der Waals surface area contributed by atoms with Gasteiger partial charge in [0.25, 0.3) is 5.91 Å². The molecule has 226 valence electrons. The van der Waals surface area contributed by atoms with Gasteiger partial charge in [0.15, 0.2) is 0 Å². The van der Waals surface area contributed by atoms with Crippen molar-refractivity contribution in [2.45, 2.75) is 39.2 Å². The number of benzene rings is 2. The number of rotatable bonds is 7. The van der Waals surface area contributed by atoms with Crippen LogP contribution in [0.3, 0.4) is 0 Å². The Bertz CT molecular complexity index is 1320. The standard InChI is InChI=1S/C31H37BrCl2N4O4/c1-20-4-6-25(15-29(20)34)38(31(41)42-26-8-12-36(13-9-26)21(2)39)11-3-10-35-16-22-18-37(19-23(22)17-35)30(40)27-14-24(32)5-7-28(27)33/h4-7,14-15,22-23,26H,3,8-13,16-19H2,1-2H3. The summed E-state index contributed by atoms with van der Waals surface area (Å²) < 4.78 is 6.76. The number of nitrogens with zero attached hydrogens (tertiary/aromatic N) is 4. The SMILES string of the molecule is CC(=O)N1CCC(OC(=O)N(CCCN2CC3CN(C(=O)c4cc(Br)ccc4Cl)CC3C2)c2ccc(C)c(Cl)c2)CC1. The van der Waals surface area contributed by atoms with Gasteiger partial charge < -0.3 is 19.4 Å². The van der Waals surface area contributed by atoms with E-state index >= 15 is 0 Å². The lowest BCUT2D eigenvalue weighted by Gasteiger charge is -2.32. The number of ether oxygens (including phenoxy) is 1. The molecular weight excluding hydrogens is 643 g/mol. The molecular formula is C31H37BrCl2N4O4. The summed E-state index contributed by atoms with van der Waals surface area (Å²) in [6, 6.07) is 11.0. The number of piperidine rings is 1. The van der Waals surface area contributed by atoms with E-state index < -0.39 is 0 Å². The van der Waals surface area contributed by atoms with Gasteiger partial charge in [0.1, 0.15) is 6.10 Å². The van der Waals surface area contributed by atoms with Crippen LogP contribution in [0.4, 0.5) is 10.5 Å². The predicted octanol–water partition coefficient (Wildman–Crippen LogP) is 6.11. The summed E-state index contributed by atoms with van der Waals surface area (Å²) in [6.07, 6.45) is 1.45. The Hall–Kier alpha value is -2.33. The smallest absolute Gasteiger partial charge is 0.414 e. The first-order valence-corrected chi connectivity index (χ1v) is 16.1. The van der Waals surface area contributed by atoms with Gasteiger partial charge >= 0.3 is 6.09 Å². The Morgan fingerprint density at radius 1 is 0.952 bits per heavy atom. The lowest BCUT2D eigenvalue weighted by Crippen LogP contribution is -2.43. The molecule has 2 aromatic rings. The summed E-state index contributed by atoms with van der Waals surface area (Å²) >= 11 is 16.2. The lowest BCUT2D eigenvalue weighted by atomic mass is 10.0. The van der Waals surface area contributed by atoms with Crippen LogP contribution in [0.15, 0.2) is 40.9 Å². The first-order valence-electron chi connectivity index (χ1n) is 14.6. The Balaban J connectivity index is 1.15. The van der Waals surface area contributed by atoms with Crippen molar-refractivity contribution in [3.8, 4) is 0 Å². The van der Waals surface area contributed by atoms with E-state index in [1.54, 1.807) is 28.9 Å². The number of carbonyl (C=O) groups is 3. The normalized spacial score (nSPS) is 21.0. The number of aryl methyl sites for hydroxylation is 1. The number of fused-ring (bicyclic) bond motifs is 1. The molecule has 0 bridgehead atoms. The highest BCUT2D eigenvalue weighted by Crippen LogP contribution is 2.33. The fourth-order valence-electron chi connectivity index (χ4n) is 6.29. The van der Waals surface area contributed by atoms with E-state index in [0.717, 1.165) is 54.9 Å². The van der Waals surface area contributed by atoms with Gasteiger partial charge in [0, 0.05) is 80.8 Å². The van der Waals surface area contributed by atoms with Crippen molar-refractivity contribution < 1.29 is 19.1 Å². The molecule has 3 amide bonds. The van der Waals surface area contributed by atoms with Crippen molar-refractivity contribution >= 4 is 62.7 Å². The van der Waals surface area contributed by atoms with Crippen molar-refractivity contribution in [3.05, 3.63) is 62.0 Å². The number of anilines is 1. The van der Waals surface area contributed by atoms with Gasteiger partial charge in [-0.25, -0.2) is 4.79 Å². The summed E-state index contributed by atoms with van der Waals surface area (Å²) in [4.78, 5) is 46.0. The summed E-state index contributed by atoms with van der Waals surface area (Å²) in [5, 5.41) is 1.08. The largest absolute Gasteiger partial charge is 0.446 e. The first kappa shape index (κ1) is 31.1.